The second-order valence-corrected chi connectivity index (χ2v) is 7.97. The van der Waals surface area contributed by atoms with E-state index in [0.717, 1.165) is 25.9 Å². The second-order valence-electron chi connectivity index (χ2n) is 7.97. The Balaban J connectivity index is 1.48. The molecule has 1 aliphatic rings. The third-order valence-electron chi connectivity index (χ3n) is 5.65. The number of hydrogen-bond donors (Lipinski definition) is 0. The van der Waals surface area contributed by atoms with Gasteiger partial charge in [-0.1, -0.05) is 36.4 Å². The molecule has 0 amide bonds. The Morgan fingerprint density at radius 3 is 2.42 bits per heavy atom. The molecular formula is C26H26N2O3. The van der Waals surface area contributed by atoms with E-state index in [1.807, 2.05) is 48.5 Å². The summed E-state index contributed by atoms with van der Waals surface area (Å²) in [6.45, 7) is 1.85. The fourth-order valence-electron chi connectivity index (χ4n) is 3.86. The maximum atomic E-state index is 13.0. The van der Waals surface area contributed by atoms with Gasteiger partial charge in [0.1, 0.15) is 17.2 Å². The Hall–Kier alpha value is -3.31. The highest BCUT2D eigenvalue weighted by atomic mass is 16.5. The molecule has 5 heteroatoms. The summed E-state index contributed by atoms with van der Waals surface area (Å²) in [5.41, 5.74) is 1.55. The van der Waals surface area contributed by atoms with Crippen molar-refractivity contribution in [2.75, 3.05) is 20.1 Å². The van der Waals surface area contributed by atoms with Crippen molar-refractivity contribution in [3.8, 4) is 11.5 Å². The van der Waals surface area contributed by atoms with Crippen LogP contribution in [0.3, 0.4) is 0 Å². The first-order chi connectivity index (χ1) is 15.1. The van der Waals surface area contributed by atoms with Crippen LogP contribution < -0.4 is 4.74 Å². The lowest BCUT2D eigenvalue weighted by Crippen LogP contribution is -2.33. The third-order valence-corrected chi connectivity index (χ3v) is 5.65. The van der Waals surface area contributed by atoms with Crippen LogP contribution in [0.1, 0.15) is 39.4 Å². The van der Waals surface area contributed by atoms with Crippen molar-refractivity contribution in [2.45, 2.75) is 19.3 Å². The van der Waals surface area contributed by atoms with Crippen LogP contribution in [0.5, 0.6) is 11.5 Å². The van der Waals surface area contributed by atoms with Crippen molar-refractivity contribution in [3.63, 3.8) is 0 Å². The van der Waals surface area contributed by atoms with E-state index in [4.69, 9.17) is 4.74 Å². The predicted molar refractivity (Wildman–Crippen MR) is 120 cm³/mol. The number of para-hydroxylation sites is 2. The summed E-state index contributed by atoms with van der Waals surface area (Å²) >= 11 is 0. The number of benzene rings is 2. The molecule has 0 aliphatic carbocycles. The highest BCUT2D eigenvalue weighted by Crippen LogP contribution is 2.26. The number of rotatable bonds is 7. The zero-order chi connectivity index (χ0) is 21.6. The lowest BCUT2D eigenvalue weighted by Gasteiger charge is -2.27. The van der Waals surface area contributed by atoms with Gasteiger partial charge in [0.2, 0.25) is 0 Å². The summed E-state index contributed by atoms with van der Waals surface area (Å²) in [4.78, 5) is 32.7. The van der Waals surface area contributed by atoms with E-state index in [1.165, 1.54) is 0 Å². The molecule has 0 bridgehead atoms. The van der Waals surface area contributed by atoms with Gasteiger partial charge >= 0.3 is 0 Å². The minimum Gasteiger partial charge on any atom is -0.457 e. The van der Waals surface area contributed by atoms with E-state index in [-0.39, 0.29) is 23.9 Å². The monoisotopic (exact) mass is 414 g/mol. The summed E-state index contributed by atoms with van der Waals surface area (Å²) in [6.07, 6.45) is 1.82. The van der Waals surface area contributed by atoms with Crippen LogP contribution in [-0.2, 0) is 6.42 Å². The van der Waals surface area contributed by atoms with E-state index >= 15 is 0 Å². The summed E-state index contributed by atoms with van der Waals surface area (Å²) in [7, 11) is 2.07. The van der Waals surface area contributed by atoms with Gasteiger partial charge in [0.05, 0.1) is 12.0 Å². The third kappa shape index (κ3) is 5.25. The zero-order valence-electron chi connectivity index (χ0n) is 17.7. The van der Waals surface area contributed by atoms with E-state index in [9.17, 15) is 9.59 Å². The number of carbonyl (C=O) groups is 2. The molecule has 31 heavy (non-hydrogen) atoms. The molecule has 0 radical (unpaired) electrons. The number of aromatic nitrogens is 1. The largest absolute Gasteiger partial charge is 0.457 e. The molecule has 158 valence electrons. The Morgan fingerprint density at radius 1 is 0.935 bits per heavy atom. The second kappa shape index (κ2) is 9.67. The van der Waals surface area contributed by atoms with Gasteiger partial charge in [0.15, 0.2) is 11.6 Å². The highest BCUT2D eigenvalue weighted by molar-refractivity contribution is 6.00. The van der Waals surface area contributed by atoms with Gasteiger partial charge in [0.25, 0.3) is 0 Å². The summed E-state index contributed by atoms with van der Waals surface area (Å²) < 4.78 is 5.92. The Labute approximate surface area is 182 Å². The van der Waals surface area contributed by atoms with Crippen LogP contribution in [-0.4, -0.2) is 41.6 Å². The average Bonchev–Trinajstić information content (AvgIpc) is 2.80. The Morgan fingerprint density at radius 2 is 1.65 bits per heavy atom. The number of likely N-dealkylation sites (tertiary alicyclic amines) is 1. The molecule has 0 N–H and O–H groups in total. The lowest BCUT2D eigenvalue weighted by molar-refractivity contribution is 0.0850. The predicted octanol–water partition coefficient (Wildman–Crippen LogP) is 4.82. The molecule has 1 aliphatic heterocycles. The van der Waals surface area contributed by atoms with E-state index in [0.29, 0.717) is 28.5 Å². The lowest BCUT2D eigenvalue weighted by atomic mass is 9.91. The fourth-order valence-corrected chi connectivity index (χ4v) is 3.86. The van der Waals surface area contributed by atoms with Crippen LogP contribution in [0.4, 0.5) is 0 Å². The number of ether oxygens (including phenoxy) is 1. The molecule has 2 heterocycles. The normalized spacial score (nSPS) is 14.9. The van der Waals surface area contributed by atoms with Crippen molar-refractivity contribution in [1.29, 1.82) is 0 Å². The number of Topliss-reactive ketones (excluding diaryl/α,β-unsaturated/α-hetero) is 2. The molecule has 5 nitrogen and oxygen atoms in total. The van der Waals surface area contributed by atoms with Crippen LogP contribution in [0.15, 0.2) is 72.8 Å². The standard InChI is InChI=1S/C26H26N2O3/c1-28-16-14-19(15-17-28)26(30)23-12-7-8-20(27-23)18-24(29)22-11-5-6-13-25(22)31-21-9-3-2-4-10-21/h2-13,19H,14-18H2,1H3. The topological polar surface area (TPSA) is 59.5 Å². The number of ketones is 2. The molecule has 1 saturated heterocycles. The van der Waals surface area contributed by atoms with Crippen LogP contribution in [0.25, 0.3) is 0 Å². The van der Waals surface area contributed by atoms with Crippen molar-refractivity contribution in [3.05, 3.63) is 89.7 Å². The van der Waals surface area contributed by atoms with E-state index in [1.54, 1.807) is 24.3 Å². The molecule has 0 atom stereocenters. The van der Waals surface area contributed by atoms with Gasteiger partial charge in [-0.05, 0) is 69.4 Å². The number of nitrogens with zero attached hydrogens (tertiary/aromatic N) is 2. The molecule has 0 unspecified atom stereocenters. The van der Waals surface area contributed by atoms with Crippen LogP contribution >= 0.6 is 0 Å². The summed E-state index contributed by atoms with van der Waals surface area (Å²) in [5, 5.41) is 0. The van der Waals surface area contributed by atoms with Gasteiger partial charge in [-0.25, -0.2) is 4.98 Å². The molecular weight excluding hydrogens is 388 g/mol. The zero-order valence-corrected chi connectivity index (χ0v) is 17.7. The van der Waals surface area contributed by atoms with Crippen LogP contribution in [0.2, 0.25) is 0 Å². The van der Waals surface area contributed by atoms with Crippen molar-refractivity contribution < 1.29 is 14.3 Å². The van der Waals surface area contributed by atoms with Gasteiger partial charge in [0, 0.05) is 11.6 Å². The van der Waals surface area contributed by atoms with Gasteiger partial charge in [-0.15, -0.1) is 0 Å². The van der Waals surface area contributed by atoms with Crippen molar-refractivity contribution in [1.82, 2.24) is 9.88 Å². The van der Waals surface area contributed by atoms with Gasteiger partial charge in [-0.3, -0.25) is 9.59 Å². The maximum Gasteiger partial charge on any atom is 0.184 e. The fraction of sp³-hybridized carbons (Fsp3) is 0.269. The molecule has 2 aromatic carbocycles. The van der Waals surface area contributed by atoms with E-state index < -0.39 is 0 Å². The van der Waals surface area contributed by atoms with Crippen LogP contribution in [0, 0.1) is 5.92 Å². The number of pyridine rings is 1. The molecule has 1 fully saturated rings. The average molecular weight is 415 g/mol. The minimum absolute atomic E-state index is 0.00894. The Kier molecular flexibility index (Phi) is 6.53. The number of carbonyl (C=O) groups excluding carboxylic acids is 2. The number of hydrogen-bond acceptors (Lipinski definition) is 5. The number of piperidine rings is 1. The highest BCUT2D eigenvalue weighted by Gasteiger charge is 2.25. The molecule has 0 spiro atoms. The smallest absolute Gasteiger partial charge is 0.184 e. The maximum absolute atomic E-state index is 13.0. The van der Waals surface area contributed by atoms with Gasteiger partial charge < -0.3 is 9.64 Å². The minimum atomic E-state index is -0.0945. The first-order valence-electron chi connectivity index (χ1n) is 10.6. The summed E-state index contributed by atoms with van der Waals surface area (Å²) in [6, 6.07) is 21.9. The molecule has 3 aromatic rings. The Bertz CT molecular complexity index is 1060. The first kappa shape index (κ1) is 20.9. The first-order valence-corrected chi connectivity index (χ1v) is 10.6. The van der Waals surface area contributed by atoms with Crippen molar-refractivity contribution >= 4 is 11.6 Å². The molecule has 4 rings (SSSR count). The van der Waals surface area contributed by atoms with Gasteiger partial charge in [-0.2, -0.15) is 0 Å². The SMILES string of the molecule is CN1CCC(C(=O)c2cccc(CC(=O)c3ccccc3Oc3ccccc3)n2)CC1. The summed E-state index contributed by atoms with van der Waals surface area (Å²) in [5.74, 6) is 1.18. The van der Waals surface area contributed by atoms with Crippen molar-refractivity contribution in [2.24, 2.45) is 5.92 Å². The molecule has 0 saturated carbocycles. The van der Waals surface area contributed by atoms with E-state index in [2.05, 4.69) is 16.9 Å². The molecule has 1 aromatic heterocycles. The quantitative estimate of drug-likeness (QED) is 0.519.